The highest BCUT2D eigenvalue weighted by atomic mass is 35.5. The largest absolute Gasteiger partial charge is 0.193 e. The lowest BCUT2D eigenvalue weighted by Gasteiger charge is -2.04. The first-order valence-electron chi connectivity index (χ1n) is 5.44. The summed E-state index contributed by atoms with van der Waals surface area (Å²) in [7, 11) is 0. The van der Waals surface area contributed by atoms with E-state index in [1.165, 1.54) is 0 Å². The molecule has 1 aromatic heterocycles. The molecule has 0 saturated carbocycles. The van der Waals surface area contributed by atoms with E-state index >= 15 is 0 Å². The van der Waals surface area contributed by atoms with Crippen molar-refractivity contribution in [2.45, 2.75) is 0 Å². The highest BCUT2D eigenvalue weighted by Crippen LogP contribution is 2.19. The van der Waals surface area contributed by atoms with Crippen LogP contribution in [0.15, 0.2) is 54.6 Å². The van der Waals surface area contributed by atoms with Gasteiger partial charge in [0.2, 0.25) is 0 Å². The van der Waals surface area contributed by atoms with Gasteiger partial charge in [-0.1, -0.05) is 41.9 Å². The van der Waals surface area contributed by atoms with Crippen molar-refractivity contribution in [3.8, 4) is 17.1 Å². The molecule has 0 atom stereocenters. The average Bonchev–Trinajstić information content (AvgIpc) is 2.90. The van der Waals surface area contributed by atoms with E-state index in [0.717, 1.165) is 11.3 Å². The zero-order valence-electron chi connectivity index (χ0n) is 9.36. The molecule has 0 N–H and O–H groups in total. The first-order valence-corrected chi connectivity index (χ1v) is 5.82. The molecule has 0 spiro atoms. The molecule has 0 amide bonds. The van der Waals surface area contributed by atoms with E-state index in [0.29, 0.717) is 10.8 Å². The summed E-state index contributed by atoms with van der Waals surface area (Å²) in [5, 5.41) is 12.5. The smallest absolute Gasteiger partial charge is 0.187 e. The van der Waals surface area contributed by atoms with Gasteiger partial charge in [0.05, 0.1) is 5.69 Å². The van der Waals surface area contributed by atoms with E-state index in [2.05, 4.69) is 15.5 Å². The zero-order chi connectivity index (χ0) is 12.4. The van der Waals surface area contributed by atoms with Gasteiger partial charge >= 0.3 is 0 Å². The van der Waals surface area contributed by atoms with Crippen LogP contribution < -0.4 is 0 Å². The first kappa shape index (κ1) is 10.9. The molecule has 0 radical (unpaired) electrons. The molecule has 0 aliphatic heterocycles. The van der Waals surface area contributed by atoms with E-state index in [1.807, 2.05) is 54.6 Å². The fourth-order valence-electron chi connectivity index (χ4n) is 1.71. The van der Waals surface area contributed by atoms with Gasteiger partial charge in [0.15, 0.2) is 5.82 Å². The minimum absolute atomic E-state index is 0.688. The summed E-state index contributed by atoms with van der Waals surface area (Å²) in [6.07, 6.45) is 0. The Labute approximate surface area is 109 Å². The monoisotopic (exact) mass is 256 g/mol. The van der Waals surface area contributed by atoms with Gasteiger partial charge in [-0.3, -0.25) is 0 Å². The van der Waals surface area contributed by atoms with E-state index in [9.17, 15) is 0 Å². The number of hydrogen-bond donors (Lipinski definition) is 0. The third-order valence-electron chi connectivity index (χ3n) is 2.57. The van der Waals surface area contributed by atoms with Gasteiger partial charge in [-0.05, 0) is 34.7 Å². The number of tetrazole rings is 1. The van der Waals surface area contributed by atoms with Crippen LogP contribution in [0.3, 0.4) is 0 Å². The summed E-state index contributed by atoms with van der Waals surface area (Å²) < 4.78 is 1.69. The lowest BCUT2D eigenvalue weighted by molar-refractivity contribution is 0.791. The van der Waals surface area contributed by atoms with Crippen LogP contribution in [-0.2, 0) is 0 Å². The van der Waals surface area contributed by atoms with Gasteiger partial charge in [-0.25, -0.2) is 0 Å². The van der Waals surface area contributed by atoms with Crippen molar-refractivity contribution >= 4 is 11.6 Å². The van der Waals surface area contributed by atoms with Crippen molar-refractivity contribution in [3.05, 3.63) is 59.6 Å². The standard InChI is InChI=1S/C13H9ClN4/c14-11-6-8-12(9-7-11)18-13(15-16-17-18)10-4-2-1-3-5-10/h1-9H. The van der Waals surface area contributed by atoms with Crippen LogP contribution in [0.25, 0.3) is 17.1 Å². The van der Waals surface area contributed by atoms with Crippen LogP contribution in [0.5, 0.6) is 0 Å². The third kappa shape index (κ3) is 1.98. The lowest BCUT2D eigenvalue weighted by Crippen LogP contribution is -1.99. The summed E-state index contributed by atoms with van der Waals surface area (Å²) in [4.78, 5) is 0. The maximum absolute atomic E-state index is 5.87. The van der Waals surface area contributed by atoms with Crippen LogP contribution >= 0.6 is 11.6 Å². The van der Waals surface area contributed by atoms with Crippen LogP contribution in [0, 0.1) is 0 Å². The molecule has 0 fully saturated rings. The number of benzene rings is 2. The van der Waals surface area contributed by atoms with Crippen molar-refractivity contribution in [2.75, 3.05) is 0 Å². The number of rotatable bonds is 2. The molecule has 88 valence electrons. The number of nitrogens with zero attached hydrogens (tertiary/aromatic N) is 4. The van der Waals surface area contributed by atoms with Crippen molar-refractivity contribution in [2.24, 2.45) is 0 Å². The summed E-state index contributed by atoms with van der Waals surface area (Å²) in [6.45, 7) is 0. The SMILES string of the molecule is Clc1ccc(-n2nnnc2-c2ccccc2)cc1. The fraction of sp³-hybridized carbons (Fsp3) is 0. The van der Waals surface area contributed by atoms with Gasteiger partial charge in [-0.15, -0.1) is 5.10 Å². The van der Waals surface area contributed by atoms with Gasteiger partial charge in [0.1, 0.15) is 0 Å². The highest BCUT2D eigenvalue weighted by Gasteiger charge is 2.09. The summed E-state index contributed by atoms with van der Waals surface area (Å²) in [5.41, 5.74) is 1.85. The highest BCUT2D eigenvalue weighted by molar-refractivity contribution is 6.30. The summed E-state index contributed by atoms with van der Waals surface area (Å²) >= 11 is 5.87. The quantitative estimate of drug-likeness (QED) is 0.708. The van der Waals surface area contributed by atoms with Crippen molar-refractivity contribution < 1.29 is 0 Å². The summed E-state index contributed by atoms with van der Waals surface area (Å²) in [6, 6.07) is 17.2. The molecule has 3 aromatic rings. The Morgan fingerprint density at radius 3 is 2.33 bits per heavy atom. The molecule has 0 unspecified atom stereocenters. The molecular weight excluding hydrogens is 248 g/mol. The molecule has 4 nitrogen and oxygen atoms in total. The Balaban J connectivity index is 2.10. The molecular formula is C13H9ClN4. The van der Waals surface area contributed by atoms with Crippen molar-refractivity contribution in [3.63, 3.8) is 0 Å². The molecule has 1 heterocycles. The first-order chi connectivity index (χ1) is 8.84. The third-order valence-corrected chi connectivity index (χ3v) is 2.82. The van der Waals surface area contributed by atoms with Gasteiger partial charge in [0, 0.05) is 10.6 Å². The summed E-state index contributed by atoms with van der Waals surface area (Å²) in [5.74, 6) is 0.706. The van der Waals surface area contributed by atoms with E-state index in [-0.39, 0.29) is 0 Å². The van der Waals surface area contributed by atoms with E-state index in [4.69, 9.17) is 11.6 Å². The second kappa shape index (κ2) is 4.58. The minimum atomic E-state index is 0.688. The van der Waals surface area contributed by atoms with Gasteiger partial charge in [-0.2, -0.15) is 4.68 Å². The van der Waals surface area contributed by atoms with Gasteiger partial charge < -0.3 is 0 Å². The van der Waals surface area contributed by atoms with E-state index < -0.39 is 0 Å². The molecule has 18 heavy (non-hydrogen) atoms. The second-order valence-corrected chi connectivity index (χ2v) is 4.19. The lowest BCUT2D eigenvalue weighted by atomic mass is 10.2. The van der Waals surface area contributed by atoms with E-state index in [1.54, 1.807) is 4.68 Å². The Morgan fingerprint density at radius 2 is 1.61 bits per heavy atom. The minimum Gasteiger partial charge on any atom is -0.193 e. The van der Waals surface area contributed by atoms with Crippen molar-refractivity contribution in [1.29, 1.82) is 0 Å². The maximum atomic E-state index is 5.87. The molecule has 2 aromatic carbocycles. The van der Waals surface area contributed by atoms with Gasteiger partial charge in [0.25, 0.3) is 0 Å². The van der Waals surface area contributed by atoms with Crippen LogP contribution in [0.1, 0.15) is 0 Å². The topological polar surface area (TPSA) is 43.6 Å². The van der Waals surface area contributed by atoms with Crippen LogP contribution in [0.4, 0.5) is 0 Å². The Hall–Kier alpha value is -2.20. The molecule has 0 bridgehead atoms. The zero-order valence-corrected chi connectivity index (χ0v) is 10.1. The predicted molar refractivity (Wildman–Crippen MR) is 69.6 cm³/mol. The molecule has 0 aliphatic carbocycles. The number of aromatic nitrogens is 4. The molecule has 3 rings (SSSR count). The molecule has 0 aliphatic rings. The van der Waals surface area contributed by atoms with Crippen LogP contribution in [-0.4, -0.2) is 20.2 Å². The Morgan fingerprint density at radius 1 is 0.889 bits per heavy atom. The number of hydrogen-bond acceptors (Lipinski definition) is 3. The Kier molecular flexibility index (Phi) is 2.78. The molecule has 0 saturated heterocycles. The molecule has 5 heteroatoms. The van der Waals surface area contributed by atoms with Crippen molar-refractivity contribution in [1.82, 2.24) is 20.2 Å². The van der Waals surface area contributed by atoms with Crippen LogP contribution in [0.2, 0.25) is 5.02 Å². The Bertz CT molecular complexity index is 646. The maximum Gasteiger partial charge on any atom is 0.187 e. The number of halogens is 1. The second-order valence-electron chi connectivity index (χ2n) is 3.76. The fourth-order valence-corrected chi connectivity index (χ4v) is 1.84. The predicted octanol–water partition coefficient (Wildman–Crippen LogP) is 2.98. The normalized spacial score (nSPS) is 10.5. The average molecular weight is 257 g/mol.